The van der Waals surface area contributed by atoms with E-state index in [-0.39, 0.29) is 18.8 Å². The van der Waals surface area contributed by atoms with Crippen LogP contribution in [0.1, 0.15) is 17.4 Å². The topological polar surface area (TPSA) is 31.2 Å². The number of carbonyl (C=O) groups excluding carboxylic acids is 1. The molecule has 1 rings (SSSR count). The Kier molecular flexibility index (Phi) is 3.62. The van der Waals surface area contributed by atoms with E-state index in [1.54, 1.807) is 6.92 Å². The van der Waals surface area contributed by atoms with Gasteiger partial charge in [0.25, 0.3) is 0 Å². The van der Waals surface area contributed by atoms with Gasteiger partial charge in [0, 0.05) is 6.20 Å². The predicted octanol–water partition coefficient (Wildman–Crippen LogP) is 1.77. The van der Waals surface area contributed by atoms with Crippen LogP contribution in [0.2, 0.25) is 0 Å². The minimum absolute atomic E-state index is 0.0436. The highest BCUT2D eigenvalue weighted by atomic mass is 19.1. The third kappa shape index (κ3) is 2.10. The number of aromatic nitrogens is 1. The van der Waals surface area contributed by atoms with Gasteiger partial charge in [-0.1, -0.05) is 0 Å². The van der Waals surface area contributed by atoms with E-state index in [1.165, 1.54) is 10.8 Å². The van der Waals surface area contributed by atoms with Gasteiger partial charge in [0.1, 0.15) is 6.67 Å². The molecule has 5 heteroatoms. The van der Waals surface area contributed by atoms with Crippen LogP contribution < -0.4 is 0 Å². The van der Waals surface area contributed by atoms with E-state index in [2.05, 4.69) is 4.74 Å². The number of ether oxygens (including phenoxy) is 1. The maximum atomic E-state index is 13.1. The number of alkyl halides is 1. The highest BCUT2D eigenvalue weighted by Crippen LogP contribution is 2.10. The minimum atomic E-state index is -0.761. The maximum absolute atomic E-state index is 13.1. The lowest BCUT2D eigenvalue weighted by molar-refractivity contribution is 0.0507. The molecule has 0 amide bonds. The summed E-state index contributed by atoms with van der Waals surface area (Å²) in [5.74, 6) is -1.44. The molecule has 0 fully saturated rings. The Morgan fingerprint density at radius 1 is 1.64 bits per heavy atom. The Labute approximate surface area is 80.3 Å². The number of carbonyl (C=O) groups is 1. The molecule has 0 aliphatic heterocycles. The van der Waals surface area contributed by atoms with Crippen molar-refractivity contribution >= 4 is 5.97 Å². The van der Waals surface area contributed by atoms with Crippen LogP contribution in [0, 0.1) is 5.82 Å². The maximum Gasteiger partial charge on any atom is 0.358 e. The fraction of sp³-hybridized carbons (Fsp3) is 0.444. The van der Waals surface area contributed by atoms with Crippen LogP contribution in [-0.2, 0) is 11.3 Å². The van der Waals surface area contributed by atoms with Crippen molar-refractivity contribution in [2.24, 2.45) is 0 Å². The summed E-state index contributed by atoms with van der Waals surface area (Å²) in [6.07, 6.45) is 1.32. The van der Waals surface area contributed by atoms with E-state index < -0.39 is 18.5 Å². The third-order valence-electron chi connectivity index (χ3n) is 1.71. The molecular formula is C9H11F2NO2. The van der Waals surface area contributed by atoms with Crippen molar-refractivity contribution in [2.45, 2.75) is 13.5 Å². The van der Waals surface area contributed by atoms with Gasteiger partial charge in [0.2, 0.25) is 0 Å². The van der Waals surface area contributed by atoms with Gasteiger partial charge in [-0.15, -0.1) is 0 Å². The zero-order valence-corrected chi connectivity index (χ0v) is 7.80. The molecule has 0 saturated heterocycles. The van der Waals surface area contributed by atoms with E-state index >= 15 is 0 Å². The number of halogens is 2. The average molecular weight is 203 g/mol. The molecule has 0 radical (unpaired) electrons. The van der Waals surface area contributed by atoms with Crippen LogP contribution >= 0.6 is 0 Å². The molecule has 1 heterocycles. The number of esters is 1. The molecule has 14 heavy (non-hydrogen) atoms. The molecule has 1 aromatic heterocycles. The molecule has 0 spiro atoms. The Bertz CT molecular complexity index is 323. The van der Waals surface area contributed by atoms with Crippen LogP contribution in [0.5, 0.6) is 0 Å². The molecule has 0 N–H and O–H groups in total. The monoisotopic (exact) mass is 203 g/mol. The minimum Gasteiger partial charge on any atom is -0.461 e. The highest BCUT2D eigenvalue weighted by molar-refractivity contribution is 5.88. The summed E-state index contributed by atoms with van der Waals surface area (Å²) in [5.41, 5.74) is -0.218. The molecule has 0 aliphatic carbocycles. The Morgan fingerprint density at radius 3 is 2.93 bits per heavy atom. The summed E-state index contributed by atoms with van der Waals surface area (Å²) in [4.78, 5) is 11.2. The summed E-state index contributed by atoms with van der Waals surface area (Å²) in [6, 6.07) is 1.11. The zero-order chi connectivity index (χ0) is 10.6. The lowest BCUT2D eigenvalue weighted by Gasteiger charge is -2.05. The number of aryl methyl sites for hydroxylation is 1. The van der Waals surface area contributed by atoms with Crippen LogP contribution in [0.4, 0.5) is 8.78 Å². The van der Waals surface area contributed by atoms with Gasteiger partial charge in [-0.05, 0) is 13.0 Å². The Balaban J connectivity index is 2.92. The van der Waals surface area contributed by atoms with E-state index in [9.17, 15) is 13.6 Å². The molecule has 0 aromatic carbocycles. The molecule has 78 valence electrons. The first kappa shape index (κ1) is 10.7. The lowest BCUT2D eigenvalue weighted by Crippen LogP contribution is -2.14. The van der Waals surface area contributed by atoms with Crippen molar-refractivity contribution in [1.29, 1.82) is 0 Å². The molecule has 0 unspecified atom stereocenters. The van der Waals surface area contributed by atoms with E-state index in [4.69, 9.17) is 0 Å². The highest BCUT2D eigenvalue weighted by Gasteiger charge is 2.17. The normalized spacial score (nSPS) is 10.2. The SMILES string of the molecule is CCOC(=O)c1c(F)ccn1CCF. The summed E-state index contributed by atoms with van der Waals surface area (Å²) in [7, 11) is 0. The molecular weight excluding hydrogens is 192 g/mol. The van der Waals surface area contributed by atoms with Gasteiger partial charge in [-0.25, -0.2) is 13.6 Å². The smallest absolute Gasteiger partial charge is 0.358 e. The lowest BCUT2D eigenvalue weighted by atomic mass is 10.4. The Morgan fingerprint density at radius 2 is 2.36 bits per heavy atom. The van der Waals surface area contributed by atoms with E-state index in [1.807, 2.05) is 0 Å². The second-order valence-corrected chi connectivity index (χ2v) is 2.62. The van der Waals surface area contributed by atoms with E-state index in [0.29, 0.717) is 0 Å². The summed E-state index contributed by atoms with van der Waals surface area (Å²) in [5, 5.41) is 0. The van der Waals surface area contributed by atoms with Crippen molar-refractivity contribution in [3.63, 3.8) is 0 Å². The summed E-state index contributed by atoms with van der Waals surface area (Å²) >= 11 is 0. The molecule has 0 saturated carbocycles. The van der Waals surface area contributed by atoms with Crippen LogP contribution in [0.3, 0.4) is 0 Å². The number of hydrogen-bond acceptors (Lipinski definition) is 2. The van der Waals surface area contributed by atoms with Gasteiger partial charge < -0.3 is 9.30 Å². The fourth-order valence-corrected chi connectivity index (χ4v) is 1.14. The van der Waals surface area contributed by atoms with Crippen LogP contribution in [0.15, 0.2) is 12.3 Å². The number of nitrogens with zero attached hydrogens (tertiary/aromatic N) is 1. The molecule has 3 nitrogen and oxygen atoms in total. The first-order chi connectivity index (χ1) is 6.70. The second kappa shape index (κ2) is 4.74. The summed E-state index contributed by atoms with van der Waals surface area (Å²) < 4.78 is 30.9. The van der Waals surface area contributed by atoms with Crippen molar-refractivity contribution < 1.29 is 18.3 Å². The molecule has 0 aliphatic rings. The number of rotatable bonds is 4. The fourth-order valence-electron chi connectivity index (χ4n) is 1.14. The van der Waals surface area contributed by atoms with Crippen LogP contribution in [-0.4, -0.2) is 23.8 Å². The van der Waals surface area contributed by atoms with Gasteiger partial charge in [-0.3, -0.25) is 0 Å². The quantitative estimate of drug-likeness (QED) is 0.698. The Hall–Kier alpha value is -1.39. The number of hydrogen-bond donors (Lipinski definition) is 0. The van der Waals surface area contributed by atoms with Crippen LogP contribution in [0.25, 0.3) is 0 Å². The van der Waals surface area contributed by atoms with E-state index in [0.717, 1.165) is 6.07 Å². The summed E-state index contributed by atoms with van der Waals surface area (Å²) in [6.45, 7) is 1.09. The van der Waals surface area contributed by atoms with Crippen molar-refractivity contribution in [3.05, 3.63) is 23.8 Å². The molecule has 0 atom stereocenters. The largest absolute Gasteiger partial charge is 0.461 e. The van der Waals surface area contributed by atoms with Crippen molar-refractivity contribution in [3.8, 4) is 0 Å². The molecule has 1 aromatic rings. The first-order valence-corrected chi connectivity index (χ1v) is 4.28. The second-order valence-electron chi connectivity index (χ2n) is 2.62. The zero-order valence-electron chi connectivity index (χ0n) is 7.80. The van der Waals surface area contributed by atoms with Gasteiger partial charge in [-0.2, -0.15) is 0 Å². The predicted molar refractivity (Wildman–Crippen MR) is 46.3 cm³/mol. The average Bonchev–Trinajstić information content (AvgIpc) is 2.48. The van der Waals surface area contributed by atoms with Crippen molar-refractivity contribution in [1.82, 2.24) is 4.57 Å². The first-order valence-electron chi connectivity index (χ1n) is 4.28. The van der Waals surface area contributed by atoms with Gasteiger partial charge >= 0.3 is 5.97 Å². The standard InChI is InChI=1S/C9H11F2NO2/c1-2-14-9(13)8-7(11)3-5-12(8)6-4-10/h3,5H,2,4,6H2,1H3. The van der Waals surface area contributed by atoms with Gasteiger partial charge in [0.05, 0.1) is 13.2 Å². The molecule has 0 bridgehead atoms. The van der Waals surface area contributed by atoms with Crippen molar-refractivity contribution in [2.75, 3.05) is 13.3 Å². The third-order valence-corrected chi connectivity index (χ3v) is 1.71. The van der Waals surface area contributed by atoms with Gasteiger partial charge in [0.15, 0.2) is 11.5 Å².